The minimum atomic E-state index is -4.60. The molecule has 5 aliphatic rings. The van der Waals surface area contributed by atoms with Crippen LogP contribution in [-0.2, 0) is 24.5 Å². The molecule has 5 aliphatic carbocycles. The standard InChI is InChI=1S/C45H62F3N3O6/c1-11-26(12-13-27(24-49)45(46,47)48)36-50-51-37(57-36)44-21-20-42(9)28(35(44)34(25(2)3)29(52)22-44)14-15-31-41(8)18-17-32(56-33(53)23-39(4,5)38(54)55)40(6,7)30(41)16-19-43(31,42)10/h11-13,24-25,27-28,30-32,49H,14-23H2,1-10H3,(H,54,55)/b13-12-,26-11-,49-24?. The summed E-state index contributed by atoms with van der Waals surface area (Å²) in [5.74, 6) is -2.26. The molecule has 0 bridgehead atoms. The maximum Gasteiger partial charge on any atom is 0.399 e. The van der Waals surface area contributed by atoms with Crippen LogP contribution in [0.1, 0.15) is 145 Å². The van der Waals surface area contributed by atoms with E-state index in [2.05, 4.69) is 58.7 Å². The third-order valence-corrected chi connectivity index (χ3v) is 16.2. The molecule has 1 aromatic heterocycles. The van der Waals surface area contributed by atoms with Gasteiger partial charge in [-0.3, -0.25) is 14.4 Å². The molecule has 2 N–H and O–H groups in total. The molecule has 0 radical (unpaired) electrons. The fourth-order valence-corrected chi connectivity index (χ4v) is 13.0. The number of nitrogens with zero attached hydrogens (tertiary/aromatic N) is 2. The van der Waals surface area contributed by atoms with Crippen molar-refractivity contribution >= 4 is 29.5 Å². The van der Waals surface area contributed by atoms with Crippen molar-refractivity contribution in [2.24, 2.45) is 56.7 Å². The Balaban J connectivity index is 1.32. The number of aromatic nitrogens is 2. The number of hydrogen-bond donors (Lipinski definition) is 2. The quantitative estimate of drug-likeness (QED) is 0.135. The van der Waals surface area contributed by atoms with Crippen molar-refractivity contribution in [3.05, 3.63) is 41.2 Å². The molecule has 9 nitrogen and oxygen atoms in total. The van der Waals surface area contributed by atoms with Gasteiger partial charge in [-0.25, -0.2) is 0 Å². The van der Waals surface area contributed by atoms with Crippen LogP contribution in [0.5, 0.6) is 0 Å². The van der Waals surface area contributed by atoms with Gasteiger partial charge in [0.25, 0.3) is 0 Å². The zero-order valence-electron chi connectivity index (χ0n) is 35.4. The van der Waals surface area contributed by atoms with E-state index in [1.54, 1.807) is 26.8 Å². The first kappa shape index (κ1) is 43.0. The Hall–Kier alpha value is -3.57. The van der Waals surface area contributed by atoms with Crippen molar-refractivity contribution in [2.75, 3.05) is 0 Å². The predicted molar refractivity (Wildman–Crippen MR) is 210 cm³/mol. The average Bonchev–Trinajstić information content (AvgIpc) is 3.71. The molecule has 0 aliphatic heterocycles. The second-order valence-electron chi connectivity index (χ2n) is 20.2. The lowest BCUT2D eigenvalue weighted by Gasteiger charge is -2.72. The van der Waals surface area contributed by atoms with Gasteiger partial charge in [0, 0.05) is 23.6 Å². The average molecular weight is 798 g/mol. The summed E-state index contributed by atoms with van der Waals surface area (Å²) in [6, 6.07) is 0. The number of fused-ring (bicyclic) bond motifs is 7. The number of esters is 1. The van der Waals surface area contributed by atoms with Crippen molar-refractivity contribution in [2.45, 2.75) is 151 Å². The Morgan fingerprint density at radius 3 is 2.26 bits per heavy atom. The number of rotatable bonds is 10. The minimum Gasteiger partial charge on any atom is -0.481 e. The molecule has 1 heterocycles. The summed E-state index contributed by atoms with van der Waals surface area (Å²) in [5.41, 5.74) is -0.257. The molecule has 6 rings (SSSR count). The number of carboxylic acids is 1. The second-order valence-corrected chi connectivity index (χ2v) is 20.2. The van der Waals surface area contributed by atoms with E-state index in [0.717, 1.165) is 55.7 Å². The summed E-state index contributed by atoms with van der Waals surface area (Å²) in [7, 11) is 0. The van der Waals surface area contributed by atoms with E-state index in [9.17, 15) is 32.7 Å². The largest absolute Gasteiger partial charge is 0.481 e. The van der Waals surface area contributed by atoms with Crippen LogP contribution in [0.25, 0.3) is 5.57 Å². The van der Waals surface area contributed by atoms with Crippen LogP contribution < -0.4 is 0 Å². The van der Waals surface area contributed by atoms with Gasteiger partial charge < -0.3 is 19.7 Å². The van der Waals surface area contributed by atoms with E-state index in [4.69, 9.17) is 14.6 Å². The van der Waals surface area contributed by atoms with Crippen LogP contribution >= 0.6 is 0 Å². The summed E-state index contributed by atoms with van der Waals surface area (Å²) >= 11 is 0. The van der Waals surface area contributed by atoms with Gasteiger partial charge >= 0.3 is 18.1 Å². The van der Waals surface area contributed by atoms with Crippen molar-refractivity contribution in [3.8, 4) is 0 Å². The van der Waals surface area contributed by atoms with Crippen molar-refractivity contribution in [1.82, 2.24) is 10.2 Å². The highest BCUT2D eigenvalue weighted by Crippen LogP contribution is 2.76. The third-order valence-electron chi connectivity index (χ3n) is 16.2. The molecule has 0 saturated heterocycles. The van der Waals surface area contributed by atoms with Gasteiger partial charge in [-0.05, 0) is 123 Å². The first-order chi connectivity index (χ1) is 26.3. The number of ketones is 1. The van der Waals surface area contributed by atoms with Crippen molar-refractivity contribution in [3.63, 3.8) is 0 Å². The number of carbonyl (C=O) groups excluding carboxylic acids is 2. The van der Waals surface area contributed by atoms with Gasteiger partial charge in [0.1, 0.15) is 12.0 Å². The van der Waals surface area contributed by atoms with Crippen molar-refractivity contribution in [1.29, 1.82) is 5.41 Å². The highest BCUT2D eigenvalue weighted by Gasteiger charge is 2.71. The Bertz CT molecular complexity index is 1910. The first-order valence-corrected chi connectivity index (χ1v) is 20.8. The van der Waals surface area contributed by atoms with Crippen LogP contribution in [0.4, 0.5) is 13.2 Å². The molecule has 4 fully saturated rings. The number of aliphatic carboxylic acids is 1. The summed E-state index contributed by atoms with van der Waals surface area (Å²) in [4.78, 5) is 39.0. The lowest BCUT2D eigenvalue weighted by atomic mass is 9.33. The van der Waals surface area contributed by atoms with Gasteiger partial charge in [0.05, 0.1) is 17.3 Å². The zero-order valence-corrected chi connectivity index (χ0v) is 35.4. The molecule has 0 aromatic carbocycles. The number of halogens is 3. The molecule has 9 unspecified atom stereocenters. The minimum absolute atomic E-state index is 0.0211. The third kappa shape index (κ3) is 6.67. The van der Waals surface area contributed by atoms with Crippen LogP contribution in [-0.4, -0.2) is 51.5 Å². The van der Waals surface area contributed by atoms with E-state index in [0.29, 0.717) is 42.4 Å². The number of allylic oxidation sites excluding steroid dienone is 6. The molecule has 314 valence electrons. The summed E-state index contributed by atoms with van der Waals surface area (Å²) in [5, 5.41) is 25.8. The molecule has 9 atom stereocenters. The fourth-order valence-electron chi connectivity index (χ4n) is 13.0. The molecule has 57 heavy (non-hydrogen) atoms. The van der Waals surface area contributed by atoms with Gasteiger partial charge in [-0.2, -0.15) is 13.2 Å². The predicted octanol–water partition coefficient (Wildman–Crippen LogP) is 10.5. The van der Waals surface area contributed by atoms with E-state index >= 15 is 0 Å². The molecule has 1 aromatic rings. The monoisotopic (exact) mass is 797 g/mol. The molecular weight excluding hydrogens is 736 g/mol. The smallest absolute Gasteiger partial charge is 0.399 e. The number of alkyl halides is 3. The van der Waals surface area contributed by atoms with Gasteiger partial charge in [-0.1, -0.05) is 66.7 Å². The Morgan fingerprint density at radius 1 is 0.982 bits per heavy atom. The van der Waals surface area contributed by atoms with Crippen molar-refractivity contribution < 1.29 is 41.8 Å². The summed E-state index contributed by atoms with van der Waals surface area (Å²) in [6.45, 7) is 20.7. The highest BCUT2D eigenvalue weighted by molar-refractivity contribution is 6.01. The topological polar surface area (TPSA) is 143 Å². The normalized spacial score (nSPS) is 36.0. The number of carboxylic acid groups (broad SMARTS) is 1. The Labute approximate surface area is 335 Å². The molecule has 0 amide bonds. The van der Waals surface area contributed by atoms with E-state index in [1.165, 1.54) is 6.08 Å². The maximum atomic E-state index is 14.2. The fraction of sp³-hybridized carbons (Fsp3) is 0.733. The van der Waals surface area contributed by atoms with Crippen LogP contribution in [0.2, 0.25) is 0 Å². The van der Waals surface area contributed by atoms with E-state index < -0.39 is 34.9 Å². The lowest BCUT2D eigenvalue weighted by Crippen LogP contribution is -2.66. The summed E-state index contributed by atoms with van der Waals surface area (Å²) in [6.07, 6.45) is 6.23. The SMILES string of the molecule is C/C=C(/C=C\C(C=N)C(F)(F)F)c1nnc(C23CCC4(C)C(CCC5C6(C)CCC(OC(=O)CC(C)(C)C(=O)O)C(C)(C)C6CCC54C)C2=C(C(C)C)C(=O)C3)o1. The number of carbonyl (C=O) groups is 3. The number of nitrogens with one attached hydrogen (secondary N) is 1. The molecular formula is C45H62F3N3O6. The molecule has 4 saturated carbocycles. The van der Waals surface area contributed by atoms with Crippen LogP contribution in [0.15, 0.2) is 33.8 Å². The lowest BCUT2D eigenvalue weighted by molar-refractivity contribution is -0.232. The van der Waals surface area contributed by atoms with E-state index in [-0.39, 0.29) is 64.1 Å². The zero-order chi connectivity index (χ0) is 42.3. The van der Waals surface area contributed by atoms with Gasteiger partial charge in [-0.15, -0.1) is 10.2 Å². The summed E-state index contributed by atoms with van der Waals surface area (Å²) < 4.78 is 52.8. The maximum absolute atomic E-state index is 14.2. The van der Waals surface area contributed by atoms with Crippen LogP contribution in [0, 0.1) is 62.1 Å². The Kier molecular flexibility index (Phi) is 10.8. The Morgan fingerprint density at radius 2 is 1.67 bits per heavy atom. The second kappa shape index (κ2) is 14.3. The highest BCUT2D eigenvalue weighted by atomic mass is 19.4. The number of ether oxygens (including phenoxy) is 1. The first-order valence-electron chi connectivity index (χ1n) is 20.8. The number of Topliss-reactive ketones (excluding diaryl/α,β-unsaturated/α-hetero) is 1. The van der Waals surface area contributed by atoms with E-state index in [1.807, 2.05) is 0 Å². The molecule has 0 spiro atoms. The number of hydrogen-bond acceptors (Lipinski definition) is 8. The van der Waals surface area contributed by atoms with Gasteiger partial charge in [0.2, 0.25) is 11.8 Å². The van der Waals surface area contributed by atoms with Gasteiger partial charge in [0.15, 0.2) is 5.78 Å². The molecule has 12 heteroatoms. The van der Waals surface area contributed by atoms with Crippen LogP contribution in [0.3, 0.4) is 0 Å².